The number of fused-ring (bicyclic) bond motifs is 1. The zero-order valence-corrected chi connectivity index (χ0v) is 17.3. The van der Waals surface area contributed by atoms with E-state index in [0.29, 0.717) is 16.8 Å². The third kappa shape index (κ3) is 4.02. The summed E-state index contributed by atoms with van der Waals surface area (Å²) in [5.41, 5.74) is 1.31. The predicted molar refractivity (Wildman–Crippen MR) is 123 cm³/mol. The number of carbonyl (C=O) groups excluding carboxylic acids is 1. The molecule has 1 fully saturated rings. The van der Waals surface area contributed by atoms with Crippen LogP contribution in [0.2, 0.25) is 0 Å². The fourth-order valence-electron chi connectivity index (χ4n) is 3.81. The lowest BCUT2D eigenvalue weighted by Crippen LogP contribution is -2.46. The summed E-state index contributed by atoms with van der Waals surface area (Å²) >= 11 is 0. The summed E-state index contributed by atoms with van der Waals surface area (Å²) in [4.78, 5) is 38.0. The number of rotatable bonds is 4. The van der Waals surface area contributed by atoms with Gasteiger partial charge in [0.25, 0.3) is 5.91 Å². The van der Waals surface area contributed by atoms with E-state index in [9.17, 15) is 9.59 Å². The predicted octanol–water partition coefficient (Wildman–Crippen LogP) is 3.16. The van der Waals surface area contributed by atoms with E-state index in [2.05, 4.69) is 37.2 Å². The number of nitrogens with zero attached hydrogens (tertiary/aromatic N) is 4. The van der Waals surface area contributed by atoms with E-state index in [1.54, 1.807) is 30.3 Å². The topological polar surface area (TPSA) is 91.6 Å². The van der Waals surface area contributed by atoms with Crippen LogP contribution in [0.4, 0.5) is 17.3 Å². The second kappa shape index (κ2) is 8.50. The minimum Gasteiger partial charge on any atom is -0.451 e. The molecule has 1 amide bonds. The second-order valence-electron chi connectivity index (χ2n) is 7.50. The number of piperazine rings is 1. The van der Waals surface area contributed by atoms with Gasteiger partial charge in [-0.25, -0.2) is 9.97 Å². The standard InChI is InChI=1S/C24H21N5O3/c30-19-14-21(32-20-9-5-4-8-18(19)20)24(31)27-22-15-23(26-16-25-22)29-12-10-28(11-13-29)17-6-2-1-3-7-17/h1-9,14-16H,10-13H2,(H,25,26,27,31). The van der Waals surface area contributed by atoms with Gasteiger partial charge in [-0.2, -0.15) is 0 Å². The Morgan fingerprint density at radius 3 is 2.41 bits per heavy atom. The highest BCUT2D eigenvalue weighted by atomic mass is 16.3. The van der Waals surface area contributed by atoms with E-state index in [0.717, 1.165) is 32.0 Å². The largest absolute Gasteiger partial charge is 0.451 e. The van der Waals surface area contributed by atoms with E-state index in [4.69, 9.17) is 4.42 Å². The first-order valence-electron chi connectivity index (χ1n) is 10.4. The van der Waals surface area contributed by atoms with Crippen LogP contribution in [0.25, 0.3) is 11.0 Å². The lowest BCUT2D eigenvalue weighted by Gasteiger charge is -2.36. The maximum atomic E-state index is 12.7. The van der Waals surface area contributed by atoms with Crippen LogP contribution in [0.5, 0.6) is 0 Å². The zero-order chi connectivity index (χ0) is 21.9. The van der Waals surface area contributed by atoms with Gasteiger partial charge in [0.15, 0.2) is 11.2 Å². The Labute approximate surface area is 184 Å². The quantitative estimate of drug-likeness (QED) is 0.535. The maximum absolute atomic E-state index is 12.7. The molecule has 8 heteroatoms. The van der Waals surface area contributed by atoms with Gasteiger partial charge in [-0.1, -0.05) is 30.3 Å². The Balaban J connectivity index is 1.29. The number of benzene rings is 2. The molecule has 2 aromatic carbocycles. The summed E-state index contributed by atoms with van der Waals surface area (Å²) in [6.07, 6.45) is 1.42. The molecule has 2 aromatic heterocycles. The fourth-order valence-corrected chi connectivity index (χ4v) is 3.81. The van der Waals surface area contributed by atoms with E-state index in [1.807, 2.05) is 18.2 Å². The number of nitrogens with one attached hydrogen (secondary N) is 1. The molecule has 160 valence electrons. The summed E-state index contributed by atoms with van der Waals surface area (Å²) in [6, 6.07) is 20.1. The van der Waals surface area contributed by atoms with Crippen molar-refractivity contribution in [2.75, 3.05) is 41.3 Å². The maximum Gasteiger partial charge on any atom is 0.292 e. The first-order chi connectivity index (χ1) is 15.7. The van der Waals surface area contributed by atoms with Crippen molar-refractivity contribution in [2.45, 2.75) is 0 Å². The average Bonchev–Trinajstić information content (AvgIpc) is 2.85. The average molecular weight is 427 g/mol. The van der Waals surface area contributed by atoms with Gasteiger partial charge in [0, 0.05) is 44.0 Å². The number of hydrogen-bond acceptors (Lipinski definition) is 7. The Kier molecular flexibility index (Phi) is 5.25. The molecule has 8 nitrogen and oxygen atoms in total. The van der Waals surface area contributed by atoms with Crippen molar-refractivity contribution >= 4 is 34.2 Å². The normalized spacial score (nSPS) is 13.9. The van der Waals surface area contributed by atoms with E-state index >= 15 is 0 Å². The van der Waals surface area contributed by atoms with Crippen LogP contribution in [0, 0.1) is 0 Å². The van der Waals surface area contributed by atoms with Crippen molar-refractivity contribution in [3.05, 3.63) is 89.0 Å². The highest BCUT2D eigenvalue weighted by Crippen LogP contribution is 2.20. The molecule has 1 saturated heterocycles. The van der Waals surface area contributed by atoms with Crippen molar-refractivity contribution in [2.24, 2.45) is 0 Å². The van der Waals surface area contributed by atoms with Gasteiger partial charge < -0.3 is 19.5 Å². The van der Waals surface area contributed by atoms with Crippen molar-refractivity contribution in [3.8, 4) is 0 Å². The summed E-state index contributed by atoms with van der Waals surface area (Å²) in [7, 11) is 0. The molecular weight excluding hydrogens is 406 g/mol. The second-order valence-corrected chi connectivity index (χ2v) is 7.50. The van der Waals surface area contributed by atoms with Gasteiger partial charge in [-0.3, -0.25) is 9.59 Å². The van der Waals surface area contributed by atoms with Gasteiger partial charge in [-0.05, 0) is 24.3 Å². The van der Waals surface area contributed by atoms with Crippen LogP contribution < -0.4 is 20.5 Å². The smallest absolute Gasteiger partial charge is 0.292 e. The monoisotopic (exact) mass is 427 g/mol. The number of anilines is 3. The van der Waals surface area contributed by atoms with Crippen molar-refractivity contribution in [3.63, 3.8) is 0 Å². The molecule has 32 heavy (non-hydrogen) atoms. The molecule has 0 saturated carbocycles. The molecule has 0 radical (unpaired) electrons. The number of para-hydroxylation sites is 2. The van der Waals surface area contributed by atoms with Gasteiger partial charge in [-0.15, -0.1) is 0 Å². The minimum absolute atomic E-state index is 0.0645. The van der Waals surface area contributed by atoms with Crippen LogP contribution in [0.1, 0.15) is 10.6 Å². The lowest BCUT2D eigenvalue weighted by atomic mass is 10.2. The first kappa shape index (κ1) is 19.7. The van der Waals surface area contributed by atoms with Crippen molar-refractivity contribution < 1.29 is 9.21 Å². The van der Waals surface area contributed by atoms with Gasteiger partial charge in [0.05, 0.1) is 5.39 Å². The minimum atomic E-state index is -0.536. The van der Waals surface area contributed by atoms with E-state index in [-0.39, 0.29) is 11.2 Å². The molecule has 3 heterocycles. The molecular formula is C24H21N5O3. The Morgan fingerprint density at radius 1 is 0.875 bits per heavy atom. The highest BCUT2D eigenvalue weighted by Gasteiger charge is 2.19. The number of carbonyl (C=O) groups is 1. The van der Waals surface area contributed by atoms with Crippen LogP contribution >= 0.6 is 0 Å². The molecule has 0 aliphatic carbocycles. The van der Waals surface area contributed by atoms with Gasteiger partial charge in [0.1, 0.15) is 23.5 Å². The Bertz CT molecular complexity index is 1310. The SMILES string of the molecule is O=C(Nc1cc(N2CCN(c3ccccc3)CC2)ncn1)c1cc(=O)c2ccccc2o1. The molecule has 0 atom stereocenters. The lowest BCUT2D eigenvalue weighted by molar-refractivity contribution is 0.0997. The van der Waals surface area contributed by atoms with Crippen molar-refractivity contribution in [1.29, 1.82) is 0 Å². The molecule has 1 aliphatic rings. The molecule has 0 bridgehead atoms. The molecule has 1 aliphatic heterocycles. The fraction of sp³-hybridized carbons (Fsp3) is 0.167. The summed E-state index contributed by atoms with van der Waals surface area (Å²) in [5, 5.41) is 3.14. The third-order valence-electron chi connectivity index (χ3n) is 5.48. The molecule has 1 N–H and O–H groups in total. The molecule has 4 aromatic rings. The molecule has 0 spiro atoms. The highest BCUT2D eigenvalue weighted by molar-refractivity contribution is 6.02. The van der Waals surface area contributed by atoms with Crippen molar-refractivity contribution in [1.82, 2.24) is 9.97 Å². The summed E-state index contributed by atoms with van der Waals surface area (Å²) in [6.45, 7) is 3.35. The summed E-state index contributed by atoms with van der Waals surface area (Å²) in [5.74, 6) is 0.487. The first-order valence-corrected chi connectivity index (χ1v) is 10.4. The molecule has 5 rings (SSSR count). The third-order valence-corrected chi connectivity index (χ3v) is 5.48. The number of aromatic nitrogens is 2. The van der Waals surface area contributed by atoms with Gasteiger partial charge in [0.2, 0.25) is 0 Å². The Hall–Kier alpha value is -4.20. The van der Waals surface area contributed by atoms with E-state index in [1.165, 1.54) is 18.1 Å². The van der Waals surface area contributed by atoms with E-state index < -0.39 is 5.91 Å². The molecule has 0 unspecified atom stereocenters. The van der Waals surface area contributed by atoms with Gasteiger partial charge >= 0.3 is 0 Å². The van der Waals surface area contributed by atoms with Crippen LogP contribution in [0.3, 0.4) is 0 Å². The number of amides is 1. The summed E-state index contributed by atoms with van der Waals surface area (Å²) < 4.78 is 5.61. The van der Waals surface area contributed by atoms with Crippen LogP contribution in [-0.2, 0) is 0 Å². The Morgan fingerprint density at radius 2 is 1.59 bits per heavy atom. The van der Waals surface area contributed by atoms with Crippen LogP contribution in [0.15, 0.2) is 82.3 Å². The number of hydrogen-bond donors (Lipinski definition) is 1. The van der Waals surface area contributed by atoms with Crippen LogP contribution in [-0.4, -0.2) is 42.1 Å². The zero-order valence-electron chi connectivity index (χ0n) is 17.3.